The second-order valence-electron chi connectivity index (χ2n) is 6.15. The van der Waals surface area contributed by atoms with Crippen molar-refractivity contribution in [2.45, 2.75) is 24.6 Å². The number of ether oxygens (including phenoxy) is 1. The predicted molar refractivity (Wildman–Crippen MR) is 105 cm³/mol. The molecular formula is C18H28N4O3S. The molecule has 1 heterocycles. The minimum Gasteiger partial charge on any atom is -0.453 e. The highest BCUT2D eigenvalue weighted by molar-refractivity contribution is 7.84. The van der Waals surface area contributed by atoms with Gasteiger partial charge in [-0.1, -0.05) is 30.3 Å². The van der Waals surface area contributed by atoms with Crippen molar-refractivity contribution in [2.75, 3.05) is 39.5 Å². The molecule has 0 aliphatic carbocycles. The fourth-order valence-corrected chi connectivity index (χ4v) is 3.88. The second-order valence-corrected chi connectivity index (χ2v) is 7.73. The van der Waals surface area contributed by atoms with E-state index in [0.717, 1.165) is 18.4 Å². The normalized spacial score (nSPS) is 16.8. The lowest BCUT2D eigenvalue weighted by Gasteiger charge is -2.32. The van der Waals surface area contributed by atoms with Crippen molar-refractivity contribution in [3.63, 3.8) is 0 Å². The van der Waals surface area contributed by atoms with Gasteiger partial charge in [0.05, 0.1) is 7.11 Å². The number of aliphatic imine (C=N–C) groups is 1. The van der Waals surface area contributed by atoms with E-state index in [4.69, 9.17) is 4.74 Å². The molecule has 1 saturated heterocycles. The van der Waals surface area contributed by atoms with Crippen LogP contribution in [-0.2, 0) is 21.3 Å². The molecular weight excluding hydrogens is 352 g/mol. The van der Waals surface area contributed by atoms with Crippen LogP contribution in [0.15, 0.2) is 35.3 Å². The summed E-state index contributed by atoms with van der Waals surface area (Å²) in [6.07, 6.45) is 1.41. The van der Waals surface area contributed by atoms with E-state index in [1.54, 1.807) is 11.9 Å². The molecule has 1 atom stereocenters. The molecule has 2 rings (SSSR count). The molecule has 7 nitrogen and oxygen atoms in total. The number of nitrogens with zero attached hydrogens (tertiary/aromatic N) is 2. The lowest BCUT2D eigenvalue weighted by molar-refractivity contribution is 0.111. The molecule has 26 heavy (non-hydrogen) atoms. The summed E-state index contributed by atoms with van der Waals surface area (Å²) in [6, 6.07) is 10.1. The SMILES string of the molecule is CN=C(NCCS(=O)Cc1ccccc1)NC1CCN(C(=O)OC)CC1. The van der Waals surface area contributed by atoms with Crippen LogP contribution in [0.3, 0.4) is 0 Å². The molecule has 2 N–H and O–H groups in total. The highest BCUT2D eigenvalue weighted by Gasteiger charge is 2.23. The smallest absolute Gasteiger partial charge is 0.409 e. The van der Waals surface area contributed by atoms with Crippen LogP contribution in [-0.4, -0.2) is 66.7 Å². The van der Waals surface area contributed by atoms with Crippen molar-refractivity contribution >= 4 is 22.9 Å². The molecule has 0 bridgehead atoms. The van der Waals surface area contributed by atoms with Crippen molar-refractivity contribution < 1.29 is 13.7 Å². The van der Waals surface area contributed by atoms with Gasteiger partial charge in [0.1, 0.15) is 0 Å². The van der Waals surface area contributed by atoms with Crippen LogP contribution in [0.4, 0.5) is 4.79 Å². The van der Waals surface area contributed by atoms with E-state index in [1.807, 2.05) is 30.3 Å². The van der Waals surface area contributed by atoms with E-state index >= 15 is 0 Å². The monoisotopic (exact) mass is 380 g/mol. The molecule has 0 radical (unpaired) electrons. The first-order chi connectivity index (χ1) is 12.6. The summed E-state index contributed by atoms with van der Waals surface area (Å²) < 4.78 is 16.9. The van der Waals surface area contributed by atoms with Gasteiger partial charge in [-0.2, -0.15) is 0 Å². The molecule has 144 valence electrons. The van der Waals surface area contributed by atoms with Crippen LogP contribution in [0.2, 0.25) is 0 Å². The molecule has 1 amide bonds. The van der Waals surface area contributed by atoms with Gasteiger partial charge in [0.15, 0.2) is 5.96 Å². The number of guanidine groups is 1. The average molecular weight is 381 g/mol. The Balaban J connectivity index is 1.67. The Morgan fingerprint density at radius 1 is 1.31 bits per heavy atom. The van der Waals surface area contributed by atoms with Crippen LogP contribution < -0.4 is 10.6 Å². The third kappa shape index (κ3) is 6.67. The molecule has 0 spiro atoms. The Hall–Kier alpha value is -2.09. The number of hydrogen-bond donors (Lipinski definition) is 2. The van der Waals surface area contributed by atoms with Gasteiger partial charge in [-0.15, -0.1) is 0 Å². The number of hydrogen-bond acceptors (Lipinski definition) is 4. The van der Waals surface area contributed by atoms with Gasteiger partial charge in [-0.05, 0) is 18.4 Å². The van der Waals surface area contributed by atoms with Crippen LogP contribution >= 0.6 is 0 Å². The Labute approximate surface area is 157 Å². The van der Waals surface area contributed by atoms with Gasteiger partial charge in [-0.3, -0.25) is 9.20 Å². The van der Waals surface area contributed by atoms with Crippen molar-refractivity contribution in [1.82, 2.24) is 15.5 Å². The third-order valence-corrected chi connectivity index (χ3v) is 5.60. The van der Waals surface area contributed by atoms with Crippen molar-refractivity contribution in [3.05, 3.63) is 35.9 Å². The number of piperidine rings is 1. The molecule has 1 aliphatic rings. The maximum atomic E-state index is 12.2. The van der Waals surface area contributed by atoms with Crippen molar-refractivity contribution in [2.24, 2.45) is 4.99 Å². The fraction of sp³-hybridized carbons (Fsp3) is 0.556. The second kappa shape index (κ2) is 10.8. The maximum Gasteiger partial charge on any atom is 0.409 e. The van der Waals surface area contributed by atoms with E-state index in [0.29, 0.717) is 37.1 Å². The first kappa shape index (κ1) is 20.2. The quantitative estimate of drug-likeness (QED) is 0.575. The number of amides is 1. The zero-order valence-corrected chi connectivity index (χ0v) is 16.3. The van der Waals surface area contributed by atoms with Crippen LogP contribution in [0, 0.1) is 0 Å². The zero-order chi connectivity index (χ0) is 18.8. The number of nitrogens with one attached hydrogen (secondary N) is 2. The van der Waals surface area contributed by atoms with E-state index in [2.05, 4.69) is 15.6 Å². The number of carbonyl (C=O) groups excluding carboxylic acids is 1. The summed E-state index contributed by atoms with van der Waals surface area (Å²) >= 11 is 0. The lowest BCUT2D eigenvalue weighted by Crippen LogP contribution is -2.50. The molecule has 1 aliphatic heterocycles. The Morgan fingerprint density at radius 2 is 2.00 bits per heavy atom. The zero-order valence-electron chi connectivity index (χ0n) is 15.4. The number of rotatable bonds is 6. The molecule has 1 fully saturated rings. The van der Waals surface area contributed by atoms with Gasteiger partial charge in [0.2, 0.25) is 0 Å². The first-order valence-electron chi connectivity index (χ1n) is 8.81. The standard InChI is InChI=1S/C18H28N4O3S/c1-19-17(21-16-8-11-22(12-9-16)18(23)25-2)20-10-13-26(24)14-15-6-4-3-5-7-15/h3-7,16H,8-14H2,1-2H3,(H2,19,20,21). The predicted octanol–water partition coefficient (Wildman–Crippen LogP) is 1.33. The van der Waals surface area contributed by atoms with Crippen molar-refractivity contribution in [1.29, 1.82) is 0 Å². The molecule has 1 aromatic rings. The largest absolute Gasteiger partial charge is 0.453 e. The summed E-state index contributed by atoms with van der Waals surface area (Å²) in [5, 5.41) is 6.59. The first-order valence-corrected chi connectivity index (χ1v) is 10.3. The third-order valence-electron chi connectivity index (χ3n) is 4.28. The summed E-state index contributed by atoms with van der Waals surface area (Å²) in [5.74, 6) is 1.84. The molecule has 1 aromatic carbocycles. The van der Waals surface area contributed by atoms with Gasteiger partial charge in [-0.25, -0.2) is 4.79 Å². The Kier molecular flexibility index (Phi) is 8.40. The van der Waals surface area contributed by atoms with Gasteiger partial charge in [0, 0.05) is 55.0 Å². The Morgan fingerprint density at radius 3 is 2.62 bits per heavy atom. The summed E-state index contributed by atoms with van der Waals surface area (Å²) in [7, 11) is 2.21. The van der Waals surface area contributed by atoms with Crippen LogP contribution in [0.1, 0.15) is 18.4 Å². The number of methoxy groups -OCH3 is 1. The molecule has 0 aromatic heterocycles. The number of benzene rings is 1. The average Bonchev–Trinajstić information content (AvgIpc) is 2.67. The Bertz CT molecular complexity index is 616. The van der Waals surface area contributed by atoms with Crippen LogP contribution in [0.25, 0.3) is 0 Å². The summed E-state index contributed by atoms with van der Waals surface area (Å²) in [4.78, 5) is 17.4. The highest BCUT2D eigenvalue weighted by Crippen LogP contribution is 2.11. The minimum absolute atomic E-state index is 0.261. The van der Waals surface area contributed by atoms with E-state index in [1.165, 1.54) is 7.11 Å². The van der Waals surface area contributed by atoms with Gasteiger partial charge >= 0.3 is 6.09 Å². The maximum absolute atomic E-state index is 12.2. The van der Waals surface area contributed by atoms with E-state index in [-0.39, 0.29) is 12.1 Å². The van der Waals surface area contributed by atoms with Gasteiger partial charge < -0.3 is 20.3 Å². The molecule has 1 unspecified atom stereocenters. The number of carbonyl (C=O) groups is 1. The topological polar surface area (TPSA) is 83.0 Å². The highest BCUT2D eigenvalue weighted by atomic mass is 32.2. The van der Waals surface area contributed by atoms with E-state index in [9.17, 15) is 9.00 Å². The van der Waals surface area contributed by atoms with Crippen LogP contribution in [0.5, 0.6) is 0 Å². The lowest BCUT2D eigenvalue weighted by atomic mass is 10.1. The minimum atomic E-state index is -0.911. The van der Waals surface area contributed by atoms with E-state index < -0.39 is 10.8 Å². The fourth-order valence-electron chi connectivity index (χ4n) is 2.84. The molecule has 0 saturated carbocycles. The summed E-state index contributed by atoms with van der Waals surface area (Å²) in [5.41, 5.74) is 1.09. The number of likely N-dealkylation sites (tertiary alicyclic amines) is 1. The summed E-state index contributed by atoms with van der Waals surface area (Å²) in [6.45, 7) is 1.94. The van der Waals surface area contributed by atoms with Gasteiger partial charge in [0.25, 0.3) is 0 Å². The van der Waals surface area contributed by atoms with Crippen molar-refractivity contribution in [3.8, 4) is 0 Å². The molecule has 8 heteroatoms.